The molecule has 4 fully saturated rings. The van der Waals surface area contributed by atoms with Gasteiger partial charge in [0.1, 0.15) is 112 Å². The average Bonchev–Trinajstić information content (AvgIpc) is 1.48. The SMILES string of the molecule is COc1c(OC[C@H](O)CN2CCCC2)ccc2c3n(c(=NC(=O)c4cncnc4)nc12)CCN3.COc1c(OC[C@H](O)CN2CCCC2)ccc2c3n(c(=NC(=O)c4cnco4)nc12)CCN3.COc1c(OC[C@H](O)CN2CCCC2)ccc2c3n(c(=NC(=O)c4cncs4)nc12)CCN3.COc1c(OC[C@H](O)CN2CCCCC2)ccc2c3n(c(=NC(=O)c4cncs4)nc12)CCN3. The molecule has 4 saturated heterocycles. The predicted molar refractivity (Wildman–Crippen MR) is 495 cm³/mol. The van der Waals surface area contributed by atoms with E-state index in [1.165, 1.54) is 131 Å². The van der Waals surface area contributed by atoms with Gasteiger partial charge in [-0.3, -0.25) is 47.4 Å². The van der Waals surface area contributed by atoms with Gasteiger partial charge in [-0.05, 0) is 152 Å². The molecule has 8 aromatic heterocycles. The molecule has 0 radical (unpaired) electrons. The van der Waals surface area contributed by atoms with Crippen LogP contribution in [0.15, 0.2) is 128 Å². The molecule has 42 nitrogen and oxygen atoms in total. The van der Waals surface area contributed by atoms with E-state index in [0.717, 1.165) is 97.2 Å². The quantitative estimate of drug-likeness (QED) is 0.0309. The molecule has 44 heteroatoms. The molecule has 8 aliphatic rings. The molecule has 16 heterocycles. The molecule has 0 aliphatic carbocycles. The fourth-order valence-electron chi connectivity index (χ4n) is 17.5. The third-order valence-electron chi connectivity index (χ3n) is 23.8. The van der Waals surface area contributed by atoms with E-state index in [0.29, 0.717) is 168 Å². The number of β-amino-alcohol motifs (C(OH)–C–C–N with tert-alkyl or cyclic N) is 4. The van der Waals surface area contributed by atoms with Crippen molar-refractivity contribution in [1.29, 1.82) is 0 Å². The van der Waals surface area contributed by atoms with E-state index in [1.54, 1.807) is 32.4 Å². The molecule has 0 bridgehead atoms. The van der Waals surface area contributed by atoms with Crippen LogP contribution in [0.25, 0.3) is 43.6 Å². The fourth-order valence-corrected chi connectivity index (χ4v) is 18.5. The van der Waals surface area contributed by atoms with Crippen LogP contribution >= 0.6 is 22.7 Å². The lowest BCUT2D eigenvalue weighted by atomic mass is 10.1. The molecule has 8 aliphatic heterocycles. The van der Waals surface area contributed by atoms with E-state index < -0.39 is 36.2 Å². The highest BCUT2D eigenvalue weighted by Crippen LogP contribution is 2.42. The lowest BCUT2D eigenvalue weighted by Gasteiger charge is -2.28. The van der Waals surface area contributed by atoms with Crippen molar-refractivity contribution in [2.45, 2.75) is 108 Å². The highest BCUT2D eigenvalue weighted by Gasteiger charge is 2.30. The van der Waals surface area contributed by atoms with Crippen molar-refractivity contribution >= 4 is 113 Å². The van der Waals surface area contributed by atoms with Gasteiger partial charge in [0.15, 0.2) is 52.4 Å². The monoisotopic (exact) mass is 1870 g/mol. The largest absolute Gasteiger partial charge is 0.491 e. The number of fused-ring (bicyclic) bond motifs is 12. The maximum absolute atomic E-state index is 12.7. The number of nitrogens with zero attached hydrogens (tertiary/aromatic N) is 21. The number of piperidine rings is 1. The maximum atomic E-state index is 12.7. The van der Waals surface area contributed by atoms with Crippen LogP contribution in [-0.2, 0) is 26.2 Å². The Bertz CT molecular complexity index is 6290. The van der Waals surface area contributed by atoms with E-state index >= 15 is 0 Å². The Kier molecular flexibility index (Phi) is 30.3. The Labute approximate surface area is 775 Å². The van der Waals surface area contributed by atoms with E-state index in [1.807, 2.05) is 66.8 Å². The van der Waals surface area contributed by atoms with Crippen molar-refractivity contribution in [1.82, 2.24) is 82.7 Å². The number of ether oxygens (including phenoxy) is 8. The number of carbonyl (C=O) groups is 4. The number of anilines is 4. The highest BCUT2D eigenvalue weighted by molar-refractivity contribution is 7.12. The summed E-state index contributed by atoms with van der Waals surface area (Å²) in [6, 6.07) is 14.9. The first-order chi connectivity index (χ1) is 65.5. The molecule has 20 rings (SSSR count). The van der Waals surface area contributed by atoms with Gasteiger partial charge in [-0.2, -0.15) is 20.0 Å². The third kappa shape index (κ3) is 21.6. The number of amides is 4. The number of hydrogen-bond acceptors (Lipinski definition) is 36. The van der Waals surface area contributed by atoms with Gasteiger partial charge in [0.2, 0.25) is 28.2 Å². The molecule has 0 spiro atoms. The Balaban J connectivity index is 0.000000124. The molecular formula is C90H107N25O17S2. The minimum absolute atomic E-state index is 0.0354. The van der Waals surface area contributed by atoms with Crippen molar-refractivity contribution in [3.05, 3.63) is 147 Å². The topological polar surface area (TPSA) is 482 Å². The van der Waals surface area contributed by atoms with Crippen molar-refractivity contribution in [3.63, 3.8) is 0 Å². The number of oxazole rings is 1. The lowest BCUT2D eigenvalue weighted by Crippen LogP contribution is -2.38. The zero-order chi connectivity index (χ0) is 92.6. The summed E-state index contributed by atoms with van der Waals surface area (Å²) < 4.78 is 59.0. The number of carbonyl (C=O) groups excluding carboxylic acids is 4. The number of rotatable bonds is 28. The number of methoxy groups -OCH3 is 4. The first-order valence-electron chi connectivity index (χ1n) is 44.9. The van der Waals surface area contributed by atoms with Crippen molar-refractivity contribution in [2.75, 3.05) is 181 Å². The van der Waals surface area contributed by atoms with Gasteiger partial charge in [-0.25, -0.2) is 34.9 Å². The number of aliphatic hydroxyl groups is 4. The molecule has 12 aromatic rings. The molecule has 4 amide bonds. The van der Waals surface area contributed by atoms with Crippen LogP contribution in [-0.4, -0.2) is 311 Å². The van der Waals surface area contributed by atoms with Gasteiger partial charge in [0.05, 0.1) is 63.6 Å². The normalized spacial score (nSPS) is 17.2. The maximum Gasteiger partial charge on any atom is 0.317 e. The Morgan fingerprint density at radius 3 is 0.955 bits per heavy atom. The first kappa shape index (κ1) is 92.8. The minimum Gasteiger partial charge on any atom is -0.491 e. The van der Waals surface area contributed by atoms with Gasteiger partial charge in [-0.1, -0.05) is 6.42 Å². The van der Waals surface area contributed by atoms with Crippen LogP contribution in [0.3, 0.4) is 0 Å². The summed E-state index contributed by atoms with van der Waals surface area (Å²) in [7, 11) is 6.19. The summed E-state index contributed by atoms with van der Waals surface area (Å²) in [6.07, 6.45) is 17.9. The Hall–Kier alpha value is -13.1. The van der Waals surface area contributed by atoms with Crippen molar-refractivity contribution in [2.24, 2.45) is 20.0 Å². The second-order valence-electron chi connectivity index (χ2n) is 33.0. The number of aliphatic hydroxyl groups excluding tert-OH is 4. The van der Waals surface area contributed by atoms with Crippen LogP contribution in [0.5, 0.6) is 46.0 Å². The molecule has 8 N–H and O–H groups in total. The second kappa shape index (κ2) is 43.8. The third-order valence-corrected chi connectivity index (χ3v) is 25.3. The highest BCUT2D eigenvalue weighted by atomic mass is 32.1. The zero-order valence-corrected chi connectivity index (χ0v) is 76.4. The lowest BCUT2D eigenvalue weighted by molar-refractivity contribution is 0.0609. The fraction of sp³-hybridized carbons (Fsp3) is 0.456. The Morgan fingerprint density at radius 2 is 0.672 bits per heavy atom. The summed E-state index contributed by atoms with van der Waals surface area (Å²) in [5, 5.41) is 58.5. The number of thiazole rings is 2. The number of aromatic nitrogens is 13. The van der Waals surface area contributed by atoms with Gasteiger partial charge < -0.3 is 104 Å². The molecule has 4 aromatic carbocycles. The molecular weight excluding hydrogens is 1770 g/mol. The summed E-state index contributed by atoms with van der Waals surface area (Å²) >= 11 is 2.48. The summed E-state index contributed by atoms with van der Waals surface area (Å²) in [6.45, 7) is 16.3. The van der Waals surface area contributed by atoms with Crippen molar-refractivity contribution in [3.8, 4) is 46.0 Å². The van der Waals surface area contributed by atoms with E-state index in [2.05, 4.69) is 101 Å². The van der Waals surface area contributed by atoms with E-state index in [4.69, 9.17) is 47.3 Å². The van der Waals surface area contributed by atoms with Gasteiger partial charge in [0.25, 0.3) is 17.7 Å². The minimum atomic E-state index is -0.612. The Morgan fingerprint density at radius 1 is 0.373 bits per heavy atom. The first-order valence-corrected chi connectivity index (χ1v) is 46.6. The standard InChI is InChI=1S/C23H27N7O4.C23H28N6O4S.C22H26N6O5.C22H26N6O4S/c1-33-20-18(34-13-16(31)12-29-7-2-3-8-29)5-4-17-19(20)27-23(30-9-6-26-21(17)30)28-22(32)15-10-24-14-25-11-15;1-32-20-17(33-13-15(30)12-28-8-3-2-4-9-28)6-5-16-19(20)26-23(29-10-7-25-21(16)29)27-22(31)18-11-24-14-34-18;2*1-31-19-16(32-12-14(29)11-27-7-2-3-8-27)5-4-15-18(19)25-22(28-9-6-24-20(15)28)26-21(30)17-10-23-13-33-17/h4-5,10-11,14,16,26,31H,2-3,6-9,12-13H2,1H3;5-6,11,14-15,25,30H,2-4,7-10,12-13H2,1H3;2*4-5,10,13-14,24,29H,2-3,6-9,11-12H2,1H3/t16-;15-;2*14-/m1111/s1. The van der Waals surface area contributed by atoms with E-state index in [-0.39, 0.29) is 60.8 Å². The summed E-state index contributed by atoms with van der Waals surface area (Å²) in [4.78, 5) is 115. The number of nitrogens with one attached hydrogen (secondary N) is 4. The van der Waals surface area contributed by atoms with Crippen LogP contribution in [0.4, 0.5) is 23.3 Å². The number of benzene rings is 4. The number of likely N-dealkylation sites (tertiary alicyclic amines) is 4. The smallest absolute Gasteiger partial charge is 0.317 e. The van der Waals surface area contributed by atoms with Crippen LogP contribution in [0.2, 0.25) is 0 Å². The van der Waals surface area contributed by atoms with Crippen molar-refractivity contribution < 1.29 is 81.9 Å². The zero-order valence-electron chi connectivity index (χ0n) is 74.8. The molecule has 0 unspecified atom stereocenters. The second-order valence-corrected chi connectivity index (χ2v) is 34.7. The van der Waals surface area contributed by atoms with Crippen LogP contribution < -0.4 is 81.6 Å². The molecule has 706 valence electrons. The summed E-state index contributed by atoms with van der Waals surface area (Å²) in [5.41, 5.74) is 6.67. The molecule has 134 heavy (non-hydrogen) atoms. The number of hydrogen-bond donors (Lipinski definition) is 8. The molecule has 4 atom stereocenters. The molecule has 0 saturated carbocycles. The van der Waals surface area contributed by atoms with E-state index in [9.17, 15) is 39.6 Å². The van der Waals surface area contributed by atoms with Gasteiger partial charge >= 0.3 is 5.91 Å². The van der Waals surface area contributed by atoms with Gasteiger partial charge in [0, 0.05) is 112 Å². The van der Waals surface area contributed by atoms with Crippen LogP contribution in [0, 0.1) is 0 Å². The predicted octanol–water partition coefficient (Wildman–Crippen LogP) is 5.27. The van der Waals surface area contributed by atoms with Crippen LogP contribution in [0.1, 0.15) is 98.0 Å². The summed E-state index contributed by atoms with van der Waals surface area (Å²) in [5.74, 6) is 5.11. The van der Waals surface area contributed by atoms with Gasteiger partial charge in [-0.15, -0.1) is 22.7 Å². The average molecular weight is 1880 g/mol.